The van der Waals surface area contributed by atoms with Crippen LogP contribution < -0.4 is 5.32 Å². The molecule has 0 bridgehead atoms. The van der Waals surface area contributed by atoms with E-state index >= 15 is 0 Å². The predicted molar refractivity (Wildman–Crippen MR) is 63.4 cm³/mol. The fourth-order valence-electron chi connectivity index (χ4n) is 1.14. The molecule has 0 aliphatic rings. The number of hydrogen-bond acceptors (Lipinski definition) is 3. The second-order valence-corrected chi connectivity index (χ2v) is 4.36. The topological polar surface area (TPSA) is 72.2 Å². The van der Waals surface area contributed by atoms with Crippen LogP contribution in [0.5, 0.6) is 0 Å². The molecule has 18 heavy (non-hydrogen) atoms. The number of nitro benzene ring substituents is 1. The Bertz CT molecular complexity index is 534. The van der Waals surface area contributed by atoms with Crippen LogP contribution in [0, 0.1) is 21.7 Å². The van der Waals surface area contributed by atoms with Crippen molar-refractivity contribution in [1.29, 1.82) is 0 Å². The van der Waals surface area contributed by atoms with Crippen LogP contribution in [0.3, 0.4) is 0 Å². The van der Waals surface area contributed by atoms with Crippen LogP contribution in [0.1, 0.15) is 10.4 Å². The van der Waals surface area contributed by atoms with Gasteiger partial charge in [0.05, 0.1) is 11.0 Å². The Morgan fingerprint density at radius 2 is 2.00 bits per heavy atom. The summed E-state index contributed by atoms with van der Waals surface area (Å²) >= 11 is 2.97. The molecular formula is C10H7BrF2N2O3. The maximum Gasteiger partial charge on any atom is 0.285 e. The molecule has 0 saturated carbocycles. The molecule has 96 valence electrons. The highest BCUT2D eigenvalue weighted by atomic mass is 79.9. The average Bonchev–Trinajstić information content (AvgIpc) is 2.28. The van der Waals surface area contributed by atoms with Crippen molar-refractivity contribution in [1.82, 2.24) is 5.32 Å². The molecule has 0 aliphatic heterocycles. The SMILES string of the molecule is C=C(Br)CNC(=O)c1cc(F)c(F)cc1[N+](=O)[O-]. The van der Waals surface area contributed by atoms with Gasteiger partial charge >= 0.3 is 0 Å². The number of amides is 1. The third-order valence-electron chi connectivity index (χ3n) is 1.92. The first-order chi connectivity index (χ1) is 8.32. The predicted octanol–water partition coefficient (Wildman–Crippen LogP) is 2.51. The largest absolute Gasteiger partial charge is 0.347 e. The van der Waals surface area contributed by atoms with E-state index in [0.717, 1.165) is 0 Å². The lowest BCUT2D eigenvalue weighted by Crippen LogP contribution is -2.25. The number of carbonyl (C=O) groups is 1. The van der Waals surface area contributed by atoms with Gasteiger partial charge in [-0.2, -0.15) is 0 Å². The van der Waals surface area contributed by atoms with Gasteiger partial charge in [-0.15, -0.1) is 0 Å². The van der Waals surface area contributed by atoms with E-state index in [4.69, 9.17) is 0 Å². The Balaban J connectivity index is 3.13. The van der Waals surface area contributed by atoms with E-state index in [9.17, 15) is 23.7 Å². The zero-order valence-electron chi connectivity index (χ0n) is 8.87. The minimum atomic E-state index is -1.39. The van der Waals surface area contributed by atoms with E-state index in [1.165, 1.54) is 0 Å². The van der Waals surface area contributed by atoms with E-state index in [2.05, 4.69) is 27.8 Å². The molecule has 1 aromatic carbocycles. The number of hydrogen-bond donors (Lipinski definition) is 1. The molecular weight excluding hydrogens is 314 g/mol. The standard InChI is InChI=1S/C10H7BrF2N2O3/c1-5(11)4-14-10(16)6-2-7(12)8(13)3-9(6)15(17)18/h2-3H,1,4H2,(H,14,16). The summed E-state index contributed by atoms with van der Waals surface area (Å²) in [6, 6.07) is 0.854. The Morgan fingerprint density at radius 1 is 1.44 bits per heavy atom. The molecule has 0 fully saturated rings. The van der Waals surface area contributed by atoms with Crippen molar-refractivity contribution < 1.29 is 18.5 Å². The Kier molecular flexibility index (Phi) is 4.49. The summed E-state index contributed by atoms with van der Waals surface area (Å²) in [5, 5.41) is 12.9. The molecule has 1 amide bonds. The summed E-state index contributed by atoms with van der Waals surface area (Å²) in [4.78, 5) is 21.3. The molecule has 0 radical (unpaired) electrons. The first-order valence-corrected chi connectivity index (χ1v) is 5.37. The number of benzene rings is 1. The maximum absolute atomic E-state index is 13.0. The Labute approximate surface area is 109 Å². The summed E-state index contributed by atoms with van der Waals surface area (Å²) < 4.78 is 26.3. The van der Waals surface area contributed by atoms with Gasteiger partial charge in [0.2, 0.25) is 0 Å². The van der Waals surface area contributed by atoms with Crippen LogP contribution in [-0.4, -0.2) is 17.4 Å². The number of nitro groups is 1. The minimum absolute atomic E-state index is 0.00891. The molecule has 8 heteroatoms. The van der Waals surface area contributed by atoms with Crippen molar-refractivity contribution in [2.45, 2.75) is 0 Å². The average molecular weight is 321 g/mol. The summed E-state index contributed by atoms with van der Waals surface area (Å²) in [5.41, 5.74) is -1.35. The van der Waals surface area contributed by atoms with E-state index in [1.54, 1.807) is 0 Å². The van der Waals surface area contributed by atoms with Crippen molar-refractivity contribution in [3.63, 3.8) is 0 Å². The fraction of sp³-hybridized carbons (Fsp3) is 0.100. The van der Waals surface area contributed by atoms with E-state index < -0.39 is 33.7 Å². The van der Waals surface area contributed by atoms with Crippen molar-refractivity contribution in [3.8, 4) is 0 Å². The van der Waals surface area contributed by atoms with Gasteiger partial charge in [0.1, 0.15) is 5.56 Å². The van der Waals surface area contributed by atoms with Crippen molar-refractivity contribution in [2.75, 3.05) is 6.54 Å². The second-order valence-electron chi connectivity index (χ2n) is 3.24. The first-order valence-electron chi connectivity index (χ1n) is 4.58. The van der Waals surface area contributed by atoms with Crippen LogP contribution in [-0.2, 0) is 0 Å². The van der Waals surface area contributed by atoms with Gasteiger partial charge in [-0.25, -0.2) is 8.78 Å². The molecule has 1 N–H and O–H groups in total. The maximum atomic E-state index is 13.0. The molecule has 1 aromatic rings. The van der Waals surface area contributed by atoms with Gasteiger partial charge < -0.3 is 5.32 Å². The second kappa shape index (κ2) is 5.67. The van der Waals surface area contributed by atoms with Crippen LogP contribution in [0.25, 0.3) is 0 Å². The number of carbonyl (C=O) groups excluding carboxylic acids is 1. The molecule has 1 rings (SSSR count). The lowest BCUT2D eigenvalue weighted by atomic mass is 10.1. The fourth-order valence-corrected chi connectivity index (χ4v) is 1.28. The van der Waals surface area contributed by atoms with E-state index in [0.29, 0.717) is 16.6 Å². The first kappa shape index (κ1) is 14.2. The normalized spacial score (nSPS) is 9.94. The van der Waals surface area contributed by atoms with E-state index in [1.807, 2.05) is 0 Å². The zero-order valence-corrected chi connectivity index (χ0v) is 10.5. The minimum Gasteiger partial charge on any atom is -0.347 e. The molecule has 0 atom stereocenters. The summed E-state index contributed by atoms with van der Waals surface area (Å²) in [5.74, 6) is -3.60. The zero-order chi connectivity index (χ0) is 13.9. The highest BCUT2D eigenvalue weighted by Crippen LogP contribution is 2.22. The highest BCUT2D eigenvalue weighted by molar-refractivity contribution is 9.11. The van der Waals surface area contributed by atoms with Gasteiger partial charge in [-0.3, -0.25) is 14.9 Å². The highest BCUT2D eigenvalue weighted by Gasteiger charge is 2.23. The van der Waals surface area contributed by atoms with Gasteiger partial charge in [0.25, 0.3) is 11.6 Å². The molecule has 5 nitrogen and oxygen atoms in total. The molecule has 0 aliphatic carbocycles. The van der Waals surface area contributed by atoms with Crippen LogP contribution in [0.2, 0.25) is 0 Å². The number of halogens is 3. The quantitative estimate of drug-likeness (QED) is 0.684. The van der Waals surface area contributed by atoms with Gasteiger partial charge in [-0.1, -0.05) is 22.5 Å². The summed E-state index contributed by atoms with van der Waals surface area (Å²) in [6.07, 6.45) is 0. The molecule has 0 unspecified atom stereocenters. The molecule has 0 aromatic heterocycles. The Hall–Kier alpha value is -1.83. The molecule has 0 spiro atoms. The van der Waals surface area contributed by atoms with Gasteiger partial charge in [-0.05, 0) is 6.07 Å². The molecule has 0 heterocycles. The summed E-state index contributed by atoms with van der Waals surface area (Å²) in [7, 11) is 0. The van der Waals surface area contributed by atoms with Crippen LogP contribution in [0.15, 0.2) is 23.2 Å². The van der Waals surface area contributed by atoms with Crippen molar-refractivity contribution >= 4 is 27.5 Å². The third kappa shape index (κ3) is 3.33. The lowest BCUT2D eigenvalue weighted by Gasteiger charge is -2.05. The third-order valence-corrected chi connectivity index (χ3v) is 2.20. The van der Waals surface area contributed by atoms with E-state index in [-0.39, 0.29) is 6.54 Å². The Morgan fingerprint density at radius 3 is 2.50 bits per heavy atom. The van der Waals surface area contributed by atoms with Crippen molar-refractivity contribution in [2.24, 2.45) is 0 Å². The van der Waals surface area contributed by atoms with Crippen LogP contribution in [0.4, 0.5) is 14.5 Å². The number of nitrogens with zero attached hydrogens (tertiary/aromatic N) is 1. The van der Waals surface area contributed by atoms with Gasteiger partial charge in [0.15, 0.2) is 11.6 Å². The smallest absolute Gasteiger partial charge is 0.285 e. The number of nitrogens with one attached hydrogen (secondary N) is 1. The summed E-state index contributed by atoms with van der Waals surface area (Å²) in [6.45, 7) is 3.45. The lowest BCUT2D eigenvalue weighted by molar-refractivity contribution is -0.385. The van der Waals surface area contributed by atoms with Crippen molar-refractivity contribution in [3.05, 3.63) is 50.5 Å². The molecule has 0 saturated heterocycles. The monoisotopic (exact) mass is 320 g/mol. The van der Waals surface area contributed by atoms with Crippen LogP contribution >= 0.6 is 15.9 Å². The number of rotatable bonds is 4. The van der Waals surface area contributed by atoms with Gasteiger partial charge in [0, 0.05) is 11.0 Å².